The van der Waals surface area contributed by atoms with Gasteiger partial charge in [0.25, 0.3) is 0 Å². The maximum atomic E-state index is 4.48. The van der Waals surface area contributed by atoms with Crippen molar-refractivity contribution in [2.24, 2.45) is 0 Å². The van der Waals surface area contributed by atoms with Crippen LogP contribution in [0.3, 0.4) is 0 Å². The van der Waals surface area contributed by atoms with E-state index >= 15 is 0 Å². The first-order valence-electron chi connectivity index (χ1n) is 7.14. The third kappa shape index (κ3) is 2.53. The van der Waals surface area contributed by atoms with Crippen LogP contribution in [0.4, 0.5) is 11.8 Å². The van der Waals surface area contributed by atoms with E-state index in [1.807, 2.05) is 7.05 Å². The molecule has 2 aromatic rings. The van der Waals surface area contributed by atoms with Crippen LogP contribution in [0.25, 0.3) is 11.0 Å². The molecular weight excluding hydrogens is 254 g/mol. The zero-order valence-corrected chi connectivity index (χ0v) is 12.0. The highest BCUT2D eigenvalue weighted by Crippen LogP contribution is 2.20. The average Bonchev–Trinajstić information content (AvgIpc) is 3.14. The lowest BCUT2D eigenvalue weighted by Gasteiger charge is -2.24. The molecule has 1 unspecified atom stereocenters. The van der Waals surface area contributed by atoms with Crippen molar-refractivity contribution in [2.75, 3.05) is 37.3 Å². The minimum absolute atomic E-state index is 0.507. The molecule has 0 amide bonds. The summed E-state index contributed by atoms with van der Waals surface area (Å²) in [5, 5.41) is 14.3. The average molecular weight is 275 g/mol. The van der Waals surface area contributed by atoms with E-state index in [1.54, 1.807) is 6.20 Å². The first kappa shape index (κ1) is 13.1. The van der Waals surface area contributed by atoms with Crippen molar-refractivity contribution < 1.29 is 0 Å². The largest absolute Gasteiger partial charge is 0.368 e. The van der Waals surface area contributed by atoms with Gasteiger partial charge in [-0.25, -0.2) is 0 Å². The summed E-state index contributed by atoms with van der Waals surface area (Å²) in [6.45, 7) is 5.54. The second-order valence-electron chi connectivity index (χ2n) is 5.25. The van der Waals surface area contributed by atoms with E-state index in [0.29, 0.717) is 12.0 Å². The Morgan fingerprint density at radius 3 is 2.90 bits per heavy atom. The molecule has 3 heterocycles. The van der Waals surface area contributed by atoms with Crippen LogP contribution in [0.2, 0.25) is 0 Å². The fraction of sp³-hybridized carbons (Fsp3) is 0.615. The van der Waals surface area contributed by atoms with Crippen molar-refractivity contribution in [3.63, 3.8) is 0 Å². The molecule has 2 aromatic heterocycles. The van der Waals surface area contributed by atoms with Crippen molar-refractivity contribution in [2.45, 2.75) is 25.8 Å². The molecule has 1 aliphatic heterocycles. The maximum Gasteiger partial charge on any atom is 0.226 e. The van der Waals surface area contributed by atoms with Crippen molar-refractivity contribution in [1.82, 2.24) is 25.1 Å². The Morgan fingerprint density at radius 1 is 1.35 bits per heavy atom. The lowest BCUT2D eigenvalue weighted by molar-refractivity contribution is 0.269. The molecule has 0 aromatic carbocycles. The Morgan fingerprint density at radius 2 is 2.15 bits per heavy atom. The van der Waals surface area contributed by atoms with E-state index in [1.165, 1.54) is 25.9 Å². The fourth-order valence-electron chi connectivity index (χ4n) is 2.64. The van der Waals surface area contributed by atoms with Gasteiger partial charge in [-0.05, 0) is 32.9 Å². The highest BCUT2D eigenvalue weighted by Gasteiger charge is 2.18. The molecule has 1 atom stereocenters. The second-order valence-corrected chi connectivity index (χ2v) is 5.25. The Bertz CT molecular complexity index is 573. The van der Waals surface area contributed by atoms with Crippen LogP contribution < -0.4 is 10.6 Å². The van der Waals surface area contributed by atoms with Gasteiger partial charge in [-0.2, -0.15) is 15.1 Å². The van der Waals surface area contributed by atoms with E-state index in [-0.39, 0.29) is 0 Å². The summed E-state index contributed by atoms with van der Waals surface area (Å²) in [5.74, 6) is 1.43. The molecule has 20 heavy (non-hydrogen) atoms. The number of hydrogen-bond acceptors (Lipinski definition) is 6. The van der Waals surface area contributed by atoms with E-state index in [2.05, 4.69) is 42.6 Å². The standard InChI is InChI=1S/C13H21N7/c1-9(20-5-3-4-6-20)7-15-11-10-8-16-19-12(10)18-13(14-2)17-11/h8-9H,3-7H2,1-2H3,(H3,14,15,16,17,18,19). The van der Waals surface area contributed by atoms with Gasteiger partial charge in [0.2, 0.25) is 5.95 Å². The predicted octanol–water partition coefficient (Wildman–Crippen LogP) is 1.29. The third-order valence-electron chi connectivity index (χ3n) is 3.86. The summed E-state index contributed by atoms with van der Waals surface area (Å²) in [5.41, 5.74) is 0.751. The van der Waals surface area contributed by atoms with Crippen LogP contribution in [-0.4, -0.2) is 57.8 Å². The van der Waals surface area contributed by atoms with Gasteiger partial charge < -0.3 is 10.6 Å². The van der Waals surface area contributed by atoms with Gasteiger partial charge in [0.15, 0.2) is 5.65 Å². The van der Waals surface area contributed by atoms with Crippen LogP contribution in [0.15, 0.2) is 6.20 Å². The molecule has 7 heteroatoms. The van der Waals surface area contributed by atoms with Crippen molar-refractivity contribution >= 4 is 22.8 Å². The first-order chi connectivity index (χ1) is 9.78. The molecule has 1 aliphatic rings. The van der Waals surface area contributed by atoms with Gasteiger partial charge in [-0.15, -0.1) is 0 Å². The monoisotopic (exact) mass is 275 g/mol. The topological polar surface area (TPSA) is 81.8 Å². The van der Waals surface area contributed by atoms with E-state index in [4.69, 9.17) is 0 Å². The Kier molecular flexibility index (Phi) is 3.68. The SMILES string of the molecule is CNc1nc(NCC(C)N2CCCC2)c2cn[nH]c2n1. The highest BCUT2D eigenvalue weighted by molar-refractivity contribution is 5.86. The highest BCUT2D eigenvalue weighted by atomic mass is 15.2. The minimum atomic E-state index is 0.507. The molecule has 1 fully saturated rings. The van der Waals surface area contributed by atoms with Crippen LogP contribution in [0, 0.1) is 0 Å². The zero-order valence-electron chi connectivity index (χ0n) is 12.0. The predicted molar refractivity (Wildman–Crippen MR) is 80.0 cm³/mol. The maximum absolute atomic E-state index is 4.48. The van der Waals surface area contributed by atoms with Gasteiger partial charge in [-0.3, -0.25) is 10.00 Å². The number of likely N-dealkylation sites (tertiary alicyclic amines) is 1. The Balaban J connectivity index is 1.74. The molecule has 3 N–H and O–H groups in total. The quantitative estimate of drug-likeness (QED) is 0.763. The Labute approximate surface area is 118 Å². The molecule has 0 spiro atoms. The number of H-pyrrole nitrogens is 1. The van der Waals surface area contributed by atoms with Gasteiger partial charge in [0, 0.05) is 19.6 Å². The number of hydrogen-bond donors (Lipinski definition) is 3. The number of nitrogens with one attached hydrogen (secondary N) is 3. The summed E-state index contributed by atoms with van der Waals surface area (Å²) in [7, 11) is 1.81. The lowest BCUT2D eigenvalue weighted by atomic mass is 10.3. The van der Waals surface area contributed by atoms with Gasteiger partial charge >= 0.3 is 0 Å². The van der Waals surface area contributed by atoms with E-state index < -0.39 is 0 Å². The summed E-state index contributed by atoms with van der Waals surface area (Å²) in [6, 6.07) is 0.507. The summed E-state index contributed by atoms with van der Waals surface area (Å²) < 4.78 is 0. The van der Waals surface area contributed by atoms with E-state index in [9.17, 15) is 0 Å². The fourth-order valence-corrected chi connectivity index (χ4v) is 2.64. The number of rotatable bonds is 5. The molecular formula is C13H21N7. The van der Waals surface area contributed by atoms with Crippen LogP contribution in [0.1, 0.15) is 19.8 Å². The molecule has 0 radical (unpaired) electrons. The van der Waals surface area contributed by atoms with Crippen molar-refractivity contribution in [1.29, 1.82) is 0 Å². The summed E-state index contributed by atoms with van der Waals surface area (Å²) >= 11 is 0. The number of anilines is 2. The number of aromatic nitrogens is 4. The zero-order chi connectivity index (χ0) is 13.9. The molecule has 0 bridgehead atoms. The molecule has 108 valence electrons. The van der Waals surface area contributed by atoms with Crippen LogP contribution >= 0.6 is 0 Å². The number of fused-ring (bicyclic) bond motifs is 1. The van der Waals surface area contributed by atoms with Crippen molar-refractivity contribution in [3.05, 3.63) is 6.20 Å². The van der Waals surface area contributed by atoms with Crippen molar-refractivity contribution in [3.8, 4) is 0 Å². The second kappa shape index (κ2) is 5.62. The third-order valence-corrected chi connectivity index (χ3v) is 3.86. The smallest absolute Gasteiger partial charge is 0.226 e. The lowest BCUT2D eigenvalue weighted by Crippen LogP contribution is -2.35. The normalized spacial score (nSPS) is 17.5. The van der Waals surface area contributed by atoms with Crippen LogP contribution in [-0.2, 0) is 0 Å². The minimum Gasteiger partial charge on any atom is -0.368 e. The van der Waals surface area contributed by atoms with Crippen LogP contribution in [0.5, 0.6) is 0 Å². The molecule has 3 rings (SSSR count). The molecule has 1 saturated heterocycles. The van der Waals surface area contributed by atoms with Gasteiger partial charge in [0.1, 0.15) is 5.82 Å². The number of aromatic amines is 1. The molecule has 0 aliphatic carbocycles. The molecule has 0 saturated carbocycles. The summed E-state index contributed by atoms with van der Waals surface area (Å²) in [6.07, 6.45) is 4.39. The molecule has 7 nitrogen and oxygen atoms in total. The number of nitrogens with zero attached hydrogens (tertiary/aromatic N) is 4. The first-order valence-corrected chi connectivity index (χ1v) is 7.14. The summed E-state index contributed by atoms with van der Waals surface area (Å²) in [4.78, 5) is 11.3. The Hall–Kier alpha value is -1.89. The van der Waals surface area contributed by atoms with Gasteiger partial charge in [-0.1, -0.05) is 0 Å². The van der Waals surface area contributed by atoms with E-state index in [0.717, 1.165) is 23.4 Å². The van der Waals surface area contributed by atoms with Gasteiger partial charge in [0.05, 0.1) is 11.6 Å².